The number of hydrogen-bond donors (Lipinski definition) is 1. The van der Waals surface area contributed by atoms with E-state index in [1.54, 1.807) is 16.4 Å². The molecule has 2 unspecified atom stereocenters. The zero-order valence-electron chi connectivity index (χ0n) is 17.6. The Balaban J connectivity index is 1.48. The highest BCUT2D eigenvalue weighted by Crippen LogP contribution is 2.41. The number of anilines is 2. The summed E-state index contributed by atoms with van der Waals surface area (Å²) >= 11 is 0. The van der Waals surface area contributed by atoms with Crippen molar-refractivity contribution < 1.29 is 27.1 Å². The number of carbonyl (C=O) groups excluding carboxylic acids is 2. The van der Waals surface area contributed by atoms with E-state index in [9.17, 15) is 18.0 Å². The largest absolute Gasteiger partial charge is 0.442 e. The maximum atomic E-state index is 15.0. The fraction of sp³-hybridized carbons (Fsp3) is 0.600. The molecule has 1 spiro atoms. The number of benzene rings is 1. The van der Waals surface area contributed by atoms with Crippen LogP contribution in [0.5, 0.6) is 0 Å². The second-order valence-corrected chi connectivity index (χ2v) is 10.4. The number of amides is 2. The summed E-state index contributed by atoms with van der Waals surface area (Å²) in [6.45, 7) is 3.31. The highest BCUT2D eigenvalue weighted by molar-refractivity contribution is 7.88. The molecule has 2 atom stereocenters. The van der Waals surface area contributed by atoms with Gasteiger partial charge in [-0.1, -0.05) is 0 Å². The number of rotatable bonds is 5. The first-order valence-electron chi connectivity index (χ1n) is 10.3. The average molecular weight is 455 g/mol. The van der Waals surface area contributed by atoms with Crippen molar-refractivity contribution in [1.29, 1.82) is 0 Å². The van der Waals surface area contributed by atoms with Crippen LogP contribution in [-0.4, -0.2) is 75.3 Å². The van der Waals surface area contributed by atoms with Gasteiger partial charge in [0.15, 0.2) is 0 Å². The lowest BCUT2D eigenvalue weighted by atomic mass is 9.97. The van der Waals surface area contributed by atoms with Gasteiger partial charge in [-0.2, -0.15) is 4.31 Å². The minimum atomic E-state index is -3.32. The fourth-order valence-electron chi connectivity index (χ4n) is 4.92. The number of sulfonamides is 1. The summed E-state index contributed by atoms with van der Waals surface area (Å²) in [7, 11) is -3.32. The summed E-state index contributed by atoms with van der Waals surface area (Å²) in [4.78, 5) is 26.5. The molecule has 0 radical (unpaired) electrons. The van der Waals surface area contributed by atoms with Gasteiger partial charge in [-0.05, 0) is 37.5 Å². The Morgan fingerprint density at radius 1 is 1.32 bits per heavy atom. The third-order valence-corrected chi connectivity index (χ3v) is 7.67. The summed E-state index contributed by atoms with van der Waals surface area (Å²) < 4.78 is 46.2. The van der Waals surface area contributed by atoms with Crippen molar-refractivity contribution >= 4 is 33.4 Å². The molecule has 3 aliphatic rings. The second kappa shape index (κ2) is 7.94. The Bertz CT molecular complexity index is 1000. The van der Waals surface area contributed by atoms with E-state index in [1.807, 2.05) is 4.90 Å². The lowest BCUT2D eigenvalue weighted by molar-refractivity contribution is -0.119. The highest BCUT2D eigenvalue weighted by Gasteiger charge is 2.50. The van der Waals surface area contributed by atoms with Crippen LogP contribution in [0.3, 0.4) is 0 Å². The van der Waals surface area contributed by atoms with Gasteiger partial charge in [0, 0.05) is 26.6 Å². The lowest BCUT2D eigenvalue weighted by Gasteiger charge is -2.33. The normalized spacial score (nSPS) is 26.7. The van der Waals surface area contributed by atoms with Crippen LogP contribution in [0.4, 0.5) is 20.6 Å². The van der Waals surface area contributed by atoms with Crippen molar-refractivity contribution in [1.82, 2.24) is 9.62 Å². The van der Waals surface area contributed by atoms with E-state index in [4.69, 9.17) is 4.74 Å². The van der Waals surface area contributed by atoms with Crippen molar-refractivity contribution in [3.8, 4) is 0 Å². The molecule has 3 heterocycles. The van der Waals surface area contributed by atoms with E-state index in [1.165, 1.54) is 24.1 Å². The van der Waals surface area contributed by atoms with Crippen LogP contribution >= 0.6 is 0 Å². The van der Waals surface area contributed by atoms with Crippen LogP contribution in [-0.2, 0) is 19.6 Å². The number of nitrogens with zero attached hydrogens (tertiary/aromatic N) is 3. The minimum absolute atomic E-state index is 0.199. The van der Waals surface area contributed by atoms with Crippen LogP contribution < -0.4 is 15.1 Å². The molecule has 2 amide bonds. The number of ether oxygens (including phenoxy) is 1. The third-order valence-electron chi connectivity index (χ3n) is 6.30. The molecule has 1 N–H and O–H groups in total. The van der Waals surface area contributed by atoms with Gasteiger partial charge in [0.1, 0.15) is 11.9 Å². The Labute approximate surface area is 181 Å². The molecule has 3 fully saturated rings. The third kappa shape index (κ3) is 4.20. The maximum Gasteiger partial charge on any atom is 0.414 e. The number of halogens is 1. The van der Waals surface area contributed by atoms with Gasteiger partial charge in [-0.15, -0.1) is 0 Å². The van der Waals surface area contributed by atoms with E-state index < -0.39 is 33.6 Å². The van der Waals surface area contributed by atoms with E-state index in [-0.39, 0.29) is 19.0 Å². The SMILES string of the molecule is CC(=O)NCC1CN(c2ccc(N3CCC4(CCCN4S(C)(=O)=O)C3)c(F)c2)C(=O)O1. The average Bonchev–Trinajstić information content (AvgIpc) is 3.39. The van der Waals surface area contributed by atoms with Crippen molar-refractivity contribution in [3.63, 3.8) is 0 Å². The summed E-state index contributed by atoms with van der Waals surface area (Å²) in [5.41, 5.74) is 0.293. The fourth-order valence-corrected chi connectivity index (χ4v) is 6.32. The minimum Gasteiger partial charge on any atom is -0.442 e. The molecule has 0 saturated carbocycles. The van der Waals surface area contributed by atoms with Gasteiger partial charge in [0.05, 0.1) is 36.3 Å². The standard InChI is InChI=1S/C20H27FN4O5S/c1-14(26)22-11-16-12-24(19(27)30-16)15-4-5-18(17(21)10-15)23-9-7-20(13-23)6-3-8-25(20)31(2,28)29/h4-5,10,16H,3,6-9,11-13H2,1-2H3,(H,22,26). The van der Waals surface area contributed by atoms with Crippen molar-refractivity contribution in [2.75, 3.05) is 48.8 Å². The lowest BCUT2D eigenvalue weighted by Crippen LogP contribution is -2.48. The van der Waals surface area contributed by atoms with E-state index in [0.717, 1.165) is 12.8 Å². The van der Waals surface area contributed by atoms with Crippen LogP contribution in [0.1, 0.15) is 26.2 Å². The summed E-state index contributed by atoms with van der Waals surface area (Å²) in [6, 6.07) is 4.58. The van der Waals surface area contributed by atoms with Crippen molar-refractivity contribution in [2.45, 2.75) is 37.8 Å². The molecule has 0 aromatic heterocycles. The summed E-state index contributed by atoms with van der Waals surface area (Å²) in [6.07, 6.45) is 2.38. The molecular formula is C20H27FN4O5S. The summed E-state index contributed by atoms with van der Waals surface area (Å²) in [5, 5.41) is 2.61. The molecule has 11 heteroatoms. The number of carbonyl (C=O) groups is 2. The smallest absolute Gasteiger partial charge is 0.414 e. The highest BCUT2D eigenvalue weighted by atomic mass is 32.2. The van der Waals surface area contributed by atoms with Gasteiger partial charge in [0.25, 0.3) is 0 Å². The van der Waals surface area contributed by atoms with Crippen LogP contribution in [0, 0.1) is 5.82 Å². The van der Waals surface area contributed by atoms with E-state index in [0.29, 0.717) is 37.4 Å². The number of nitrogens with one attached hydrogen (secondary N) is 1. The molecule has 3 aliphatic heterocycles. The van der Waals surface area contributed by atoms with Crippen molar-refractivity contribution in [2.24, 2.45) is 0 Å². The molecule has 1 aromatic rings. The van der Waals surface area contributed by atoms with E-state index >= 15 is 4.39 Å². The Kier molecular flexibility index (Phi) is 5.59. The Morgan fingerprint density at radius 2 is 2.10 bits per heavy atom. The second-order valence-electron chi connectivity index (χ2n) is 8.52. The zero-order chi connectivity index (χ0) is 22.4. The molecule has 31 heavy (non-hydrogen) atoms. The van der Waals surface area contributed by atoms with Gasteiger partial charge in [0.2, 0.25) is 15.9 Å². The van der Waals surface area contributed by atoms with Gasteiger partial charge in [-0.3, -0.25) is 9.69 Å². The molecule has 0 aliphatic carbocycles. The predicted molar refractivity (Wildman–Crippen MR) is 113 cm³/mol. The Morgan fingerprint density at radius 3 is 2.77 bits per heavy atom. The van der Waals surface area contributed by atoms with Crippen LogP contribution in [0.25, 0.3) is 0 Å². The molecule has 9 nitrogen and oxygen atoms in total. The molecule has 3 saturated heterocycles. The first-order valence-corrected chi connectivity index (χ1v) is 12.2. The van der Waals surface area contributed by atoms with Crippen LogP contribution in [0.2, 0.25) is 0 Å². The van der Waals surface area contributed by atoms with Gasteiger partial charge >= 0.3 is 6.09 Å². The first-order chi connectivity index (χ1) is 14.6. The molecular weight excluding hydrogens is 427 g/mol. The molecule has 0 bridgehead atoms. The topological polar surface area (TPSA) is 99.3 Å². The molecule has 170 valence electrons. The summed E-state index contributed by atoms with van der Waals surface area (Å²) in [5.74, 6) is -0.693. The van der Waals surface area contributed by atoms with Gasteiger partial charge < -0.3 is 15.0 Å². The first kappa shape index (κ1) is 21.8. The quantitative estimate of drug-likeness (QED) is 0.720. The Hall–Kier alpha value is -2.40. The zero-order valence-corrected chi connectivity index (χ0v) is 18.5. The van der Waals surface area contributed by atoms with Gasteiger partial charge in [-0.25, -0.2) is 17.6 Å². The van der Waals surface area contributed by atoms with Crippen molar-refractivity contribution in [3.05, 3.63) is 24.0 Å². The number of cyclic esters (lactones) is 1. The van der Waals surface area contributed by atoms with Crippen LogP contribution in [0.15, 0.2) is 18.2 Å². The number of hydrogen-bond acceptors (Lipinski definition) is 6. The maximum absolute atomic E-state index is 15.0. The molecule has 1 aromatic carbocycles. The van der Waals surface area contributed by atoms with E-state index in [2.05, 4.69) is 5.32 Å². The molecule has 4 rings (SSSR count). The predicted octanol–water partition coefficient (Wildman–Crippen LogP) is 1.29. The monoisotopic (exact) mass is 454 g/mol.